The van der Waals surface area contributed by atoms with Gasteiger partial charge in [0.15, 0.2) is 0 Å². The maximum Gasteiger partial charge on any atom is 0.340 e. The van der Waals surface area contributed by atoms with Crippen LogP contribution in [0.4, 0.5) is 0 Å². The van der Waals surface area contributed by atoms with Crippen molar-refractivity contribution in [2.75, 3.05) is 7.11 Å². The number of ether oxygens (including phenoxy) is 1. The van der Waals surface area contributed by atoms with E-state index in [1.807, 2.05) is 12.1 Å². The number of aromatic amines is 1. The topological polar surface area (TPSA) is 55.0 Å². The minimum Gasteiger partial charge on any atom is -0.465 e. The monoisotopic (exact) mass is 232 g/mol. The van der Waals surface area contributed by atoms with Crippen LogP contribution in [0, 0.1) is 5.92 Å². The van der Waals surface area contributed by atoms with Gasteiger partial charge in [-0.2, -0.15) is 0 Å². The summed E-state index contributed by atoms with van der Waals surface area (Å²) in [7, 11) is 1.38. The van der Waals surface area contributed by atoms with E-state index < -0.39 is 0 Å². The van der Waals surface area contributed by atoms with E-state index in [9.17, 15) is 4.79 Å². The standard InChI is InChI=1S/C13H16N2O2/c1-8(2)7-11-14-10-6-4-5-9(12(10)15-11)13(16)17-3/h4-6,8H,7H2,1-3H3,(H,14,15). The Kier molecular flexibility index (Phi) is 3.13. The summed E-state index contributed by atoms with van der Waals surface area (Å²) in [6.07, 6.45) is 0.870. The summed E-state index contributed by atoms with van der Waals surface area (Å²) < 4.78 is 4.74. The molecular weight excluding hydrogens is 216 g/mol. The second-order valence-corrected chi connectivity index (χ2v) is 4.47. The highest BCUT2D eigenvalue weighted by molar-refractivity contribution is 6.01. The van der Waals surface area contributed by atoms with Crippen molar-refractivity contribution in [3.63, 3.8) is 0 Å². The number of hydrogen-bond acceptors (Lipinski definition) is 3. The SMILES string of the molecule is COC(=O)c1cccc2[nH]c(CC(C)C)nc12. The summed E-state index contributed by atoms with van der Waals surface area (Å²) in [6.45, 7) is 4.27. The molecule has 0 amide bonds. The number of aromatic nitrogens is 2. The molecule has 0 aliphatic carbocycles. The van der Waals surface area contributed by atoms with Gasteiger partial charge < -0.3 is 9.72 Å². The van der Waals surface area contributed by atoms with Crippen molar-refractivity contribution in [1.82, 2.24) is 9.97 Å². The fourth-order valence-electron chi connectivity index (χ4n) is 1.84. The lowest BCUT2D eigenvalue weighted by Gasteiger charge is -1.99. The van der Waals surface area contributed by atoms with Gasteiger partial charge >= 0.3 is 5.97 Å². The number of nitrogens with one attached hydrogen (secondary N) is 1. The third-order valence-corrected chi connectivity index (χ3v) is 2.57. The minimum atomic E-state index is -0.349. The number of methoxy groups -OCH3 is 1. The van der Waals surface area contributed by atoms with Gasteiger partial charge in [-0.05, 0) is 18.1 Å². The molecule has 0 aliphatic heterocycles. The van der Waals surface area contributed by atoms with Crippen LogP contribution in [0.25, 0.3) is 11.0 Å². The Morgan fingerprint density at radius 2 is 2.24 bits per heavy atom. The van der Waals surface area contributed by atoms with E-state index in [0.717, 1.165) is 17.8 Å². The third-order valence-electron chi connectivity index (χ3n) is 2.57. The number of rotatable bonds is 3. The Bertz CT molecular complexity index is 543. The van der Waals surface area contributed by atoms with Crippen molar-refractivity contribution < 1.29 is 9.53 Å². The number of H-pyrrole nitrogens is 1. The van der Waals surface area contributed by atoms with Crippen LogP contribution in [0.3, 0.4) is 0 Å². The van der Waals surface area contributed by atoms with Crippen LogP contribution in [0.15, 0.2) is 18.2 Å². The molecule has 90 valence electrons. The number of nitrogens with zero attached hydrogens (tertiary/aromatic N) is 1. The van der Waals surface area contributed by atoms with E-state index in [2.05, 4.69) is 23.8 Å². The molecule has 0 unspecified atom stereocenters. The Morgan fingerprint density at radius 3 is 2.88 bits per heavy atom. The average molecular weight is 232 g/mol. The van der Waals surface area contributed by atoms with Crippen LogP contribution in [-0.4, -0.2) is 23.0 Å². The van der Waals surface area contributed by atoms with Gasteiger partial charge in [-0.25, -0.2) is 9.78 Å². The first-order valence-electron chi connectivity index (χ1n) is 5.67. The number of benzene rings is 1. The largest absolute Gasteiger partial charge is 0.465 e. The molecule has 4 heteroatoms. The van der Waals surface area contributed by atoms with Gasteiger partial charge in [-0.1, -0.05) is 19.9 Å². The van der Waals surface area contributed by atoms with Gasteiger partial charge in [0.25, 0.3) is 0 Å². The molecule has 0 saturated heterocycles. The smallest absolute Gasteiger partial charge is 0.340 e. The van der Waals surface area contributed by atoms with E-state index in [1.165, 1.54) is 7.11 Å². The number of imidazole rings is 1. The molecule has 0 saturated carbocycles. The maximum absolute atomic E-state index is 11.6. The molecule has 2 rings (SSSR count). The number of hydrogen-bond donors (Lipinski definition) is 1. The van der Waals surface area contributed by atoms with E-state index in [0.29, 0.717) is 17.0 Å². The van der Waals surface area contributed by atoms with Crippen molar-refractivity contribution in [1.29, 1.82) is 0 Å². The number of fused-ring (bicyclic) bond motifs is 1. The second-order valence-electron chi connectivity index (χ2n) is 4.47. The Hall–Kier alpha value is -1.84. The summed E-state index contributed by atoms with van der Waals surface area (Å²) in [4.78, 5) is 19.3. The molecular formula is C13H16N2O2. The van der Waals surface area contributed by atoms with Gasteiger partial charge in [0, 0.05) is 6.42 Å². The predicted molar refractivity (Wildman–Crippen MR) is 66.0 cm³/mol. The second kappa shape index (κ2) is 4.57. The highest BCUT2D eigenvalue weighted by Crippen LogP contribution is 2.18. The van der Waals surface area contributed by atoms with Crippen LogP contribution in [-0.2, 0) is 11.2 Å². The summed E-state index contributed by atoms with van der Waals surface area (Å²) in [6, 6.07) is 5.47. The maximum atomic E-state index is 11.6. The number of carbonyl (C=O) groups is 1. The van der Waals surface area contributed by atoms with Crippen LogP contribution < -0.4 is 0 Å². The van der Waals surface area contributed by atoms with Gasteiger partial charge in [0.2, 0.25) is 0 Å². The van der Waals surface area contributed by atoms with E-state index >= 15 is 0 Å². The molecule has 1 aromatic carbocycles. The zero-order valence-corrected chi connectivity index (χ0v) is 10.3. The minimum absolute atomic E-state index is 0.349. The first-order valence-corrected chi connectivity index (χ1v) is 5.67. The van der Waals surface area contributed by atoms with Gasteiger partial charge in [0.1, 0.15) is 11.3 Å². The van der Waals surface area contributed by atoms with E-state index in [-0.39, 0.29) is 5.97 Å². The van der Waals surface area contributed by atoms with Crippen molar-refractivity contribution >= 4 is 17.0 Å². The molecule has 0 spiro atoms. The molecule has 17 heavy (non-hydrogen) atoms. The Morgan fingerprint density at radius 1 is 1.47 bits per heavy atom. The van der Waals surface area contributed by atoms with Crippen molar-refractivity contribution in [3.05, 3.63) is 29.6 Å². The molecule has 1 N–H and O–H groups in total. The number of carbonyl (C=O) groups excluding carboxylic acids is 1. The molecule has 0 radical (unpaired) electrons. The highest BCUT2D eigenvalue weighted by Gasteiger charge is 2.13. The normalized spacial score (nSPS) is 11.1. The first-order chi connectivity index (χ1) is 8.11. The fourth-order valence-corrected chi connectivity index (χ4v) is 1.84. The van der Waals surface area contributed by atoms with Crippen molar-refractivity contribution in [2.45, 2.75) is 20.3 Å². The third kappa shape index (κ3) is 2.30. The van der Waals surface area contributed by atoms with Gasteiger partial charge in [0.05, 0.1) is 18.2 Å². The van der Waals surface area contributed by atoms with Gasteiger partial charge in [-0.15, -0.1) is 0 Å². The fraction of sp³-hybridized carbons (Fsp3) is 0.385. The summed E-state index contributed by atoms with van der Waals surface area (Å²) >= 11 is 0. The lowest BCUT2D eigenvalue weighted by atomic mass is 10.1. The van der Waals surface area contributed by atoms with Crippen LogP contribution in [0.5, 0.6) is 0 Å². The molecule has 4 nitrogen and oxygen atoms in total. The van der Waals surface area contributed by atoms with Crippen LogP contribution in [0.2, 0.25) is 0 Å². The summed E-state index contributed by atoms with van der Waals surface area (Å²) in [5.41, 5.74) is 2.08. The van der Waals surface area contributed by atoms with Gasteiger partial charge in [-0.3, -0.25) is 0 Å². The Balaban J connectivity index is 2.49. The number of esters is 1. The molecule has 2 aromatic rings. The quantitative estimate of drug-likeness (QED) is 0.827. The van der Waals surface area contributed by atoms with Crippen molar-refractivity contribution in [3.8, 4) is 0 Å². The lowest BCUT2D eigenvalue weighted by Crippen LogP contribution is -2.02. The molecule has 0 bridgehead atoms. The molecule has 1 aromatic heterocycles. The highest BCUT2D eigenvalue weighted by atomic mass is 16.5. The molecule has 1 heterocycles. The zero-order valence-electron chi connectivity index (χ0n) is 10.3. The van der Waals surface area contributed by atoms with E-state index in [1.54, 1.807) is 6.07 Å². The molecule has 0 aliphatic rings. The first kappa shape index (κ1) is 11.6. The zero-order chi connectivity index (χ0) is 12.4. The van der Waals surface area contributed by atoms with Crippen LogP contribution in [0.1, 0.15) is 30.0 Å². The average Bonchev–Trinajstić information content (AvgIpc) is 2.68. The molecule has 0 fully saturated rings. The molecule has 0 atom stereocenters. The Labute approximate surface area is 100 Å². The number of para-hydroxylation sites is 1. The lowest BCUT2D eigenvalue weighted by molar-refractivity contribution is 0.0603. The van der Waals surface area contributed by atoms with Crippen LogP contribution >= 0.6 is 0 Å². The summed E-state index contributed by atoms with van der Waals surface area (Å²) in [5, 5.41) is 0. The summed E-state index contributed by atoms with van der Waals surface area (Å²) in [5.74, 6) is 1.08. The van der Waals surface area contributed by atoms with E-state index in [4.69, 9.17) is 4.74 Å². The van der Waals surface area contributed by atoms with Crippen molar-refractivity contribution in [2.24, 2.45) is 5.92 Å². The predicted octanol–water partition coefficient (Wildman–Crippen LogP) is 2.55.